The zero-order chi connectivity index (χ0) is 8.60. The molecule has 1 saturated carbocycles. The second-order valence-electron chi connectivity index (χ2n) is 3.27. The number of carbonyl (C=O) groups excluding carboxylic acids is 1. The molecule has 0 spiro atoms. The van der Waals surface area contributed by atoms with Gasteiger partial charge in [-0.15, -0.1) is 0 Å². The third-order valence-corrected chi connectivity index (χ3v) is 2.28. The average Bonchev–Trinajstić information content (AvgIpc) is 2.85. The molecule has 1 N–H and O–H groups in total. The van der Waals surface area contributed by atoms with Gasteiger partial charge in [-0.25, -0.2) is 0 Å². The van der Waals surface area contributed by atoms with Gasteiger partial charge in [0.25, 0.3) is 0 Å². The smallest absolute Gasteiger partial charge is 0.150 e. The highest BCUT2D eigenvalue weighted by molar-refractivity contribution is 5.75. The molecule has 2 rings (SSSR count). The van der Waals surface area contributed by atoms with Gasteiger partial charge in [-0.2, -0.15) is 0 Å². The monoisotopic (exact) mass is 162 g/mol. The summed E-state index contributed by atoms with van der Waals surface area (Å²) in [6, 6.07) is 7.15. The molecule has 62 valence electrons. The number of hydrogen-bond acceptors (Lipinski definition) is 2. The topological polar surface area (TPSA) is 37.3 Å². The summed E-state index contributed by atoms with van der Waals surface area (Å²) in [7, 11) is 0. The van der Waals surface area contributed by atoms with E-state index in [9.17, 15) is 9.90 Å². The van der Waals surface area contributed by atoms with Gasteiger partial charge in [0.2, 0.25) is 0 Å². The summed E-state index contributed by atoms with van der Waals surface area (Å²) >= 11 is 0. The van der Waals surface area contributed by atoms with Gasteiger partial charge < -0.3 is 5.11 Å². The summed E-state index contributed by atoms with van der Waals surface area (Å²) in [6.45, 7) is 0. The summed E-state index contributed by atoms with van der Waals surface area (Å²) in [5.74, 6) is 0. The minimum absolute atomic E-state index is 0.626. The molecule has 0 unspecified atom stereocenters. The molecular formula is C10H10O2. The van der Waals surface area contributed by atoms with E-state index in [2.05, 4.69) is 0 Å². The third-order valence-electron chi connectivity index (χ3n) is 2.28. The summed E-state index contributed by atoms with van der Waals surface area (Å²) in [6.07, 6.45) is 2.43. The van der Waals surface area contributed by atoms with E-state index < -0.39 is 5.60 Å². The van der Waals surface area contributed by atoms with Gasteiger partial charge in [0.05, 0.1) is 5.60 Å². The highest BCUT2D eigenvalue weighted by Gasteiger charge is 2.41. The molecule has 0 amide bonds. The van der Waals surface area contributed by atoms with E-state index in [1.165, 1.54) is 0 Å². The molecule has 1 aliphatic carbocycles. The van der Waals surface area contributed by atoms with Gasteiger partial charge >= 0.3 is 0 Å². The van der Waals surface area contributed by atoms with Crippen LogP contribution in [-0.4, -0.2) is 11.4 Å². The van der Waals surface area contributed by atoms with Gasteiger partial charge in [0.15, 0.2) is 0 Å². The molecule has 1 aliphatic rings. The fourth-order valence-corrected chi connectivity index (χ4v) is 1.31. The normalized spacial score (nSPS) is 18.8. The minimum Gasteiger partial charge on any atom is -0.385 e. The lowest BCUT2D eigenvalue weighted by Crippen LogP contribution is -2.04. The Morgan fingerprint density at radius 3 is 2.75 bits per heavy atom. The van der Waals surface area contributed by atoms with Crippen LogP contribution in [0.4, 0.5) is 0 Å². The Morgan fingerprint density at radius 2 is 2.17 bits per heavy atom. The Bertz CT molecular complexity index is 313. The first-order valence-corrected chi connectivity index (χ1v) is 4.03. The van der Waals surface area contributed by atoms with E-state index in [1.807, 2.05) is 6.07 Å². The van der Waals surface area contributed by atoms with Crippen LogP contribution in [0.5, 0.6) is 0 Å². The summed E-state index contributed by atoms with van der Waals surface area (Å²) < 4.78 is 0. The van der Waals surface area contributed by atoms with Gasteiger partial charge in [0.1, 0.15) is 6.29 Å². The van der Waals surface area contributed by atoms with Crippen LogP contribution in [0.25, 0.3) is 0 Å². The molecule has 0 aliphatic heterocycles. The van der Waals surface area contributed by atoms with Crippen molar-refractivity contribution in [1.29, 1.82) is 0 Å². The van der Waals surface area contributed by atoms with Crippen molar-refractivity contribution in [2.45, 2.75) is 18.4 Å². The van der Waals surface area contributed by atoms with Crippen molar-refractivity contribution in [3.05, 3.63) is 35.4 Å². The van der Waals surface area contributed by atoms with E-state index in [4.69, 9.17) is 0 Å². The third kappa shape index (κ3) is 1.14. The van der Waals surface area contributed by atoms with E-state index >= 15 is 0 Å². The lowest BCUT2D eigenvalue weighted by atomic mass is 10.1. The maximum Gasteiger partial charge on any atom is 0.150 e. The maximum absolute atomic E-state index is 10.4. The largest absolute Gasteiger partial charge is 0.385 e. The fraction of sp³-hybridized carbons (Fsp3) is 0.300. The van der Waals surface area contributed by atoms with Gasteiger partial charge in [-0.3, -0.25) is 4.79 Å². The van der Waals surface area contributed by atoms with Crippen LogP contribution in [-0.2, 0) is 5.60 Å². The summed E-state index contributed by atoms with van der Waals surface area (Å²) in [5, 5.41) is 9.70. The van der Waals surface area contributed by atoms with Crippen molar-refractivity contribution in [2.24, 2.45) is 0 Å². The van der Waals surface area contributed by atoms with E-state index in [0.717, 1.165) is 24.7 Å². The molecule has 0 radical (unpaired) electrons. The molecule has 2 heteroatoms. The van der Waals surface area contributed by atoms with Crippen LogP contribution in [0.15, 0.2) is 24.3 Å². The lowest BCUT2D eigenvalue weighted by Gasteiger charge is -2.07. The SMILES string of the molecule is O=Cc1cccc(C2(O)CC2)c1. The Balaban J connectivity index is 2.38. The van der Waals surface area contributed by atoms with Crippen molar-refractivity contribution >= 4 is 6.29 Å². The predicted molar refractivity (Wildman–Crippen MR) is 45.0 cm³/mol. The molecule has 0 heterocycles. The number of carbonyl (C=O) groups is 1. The van der Waals surface area contributed by atoms with Crippen LogP contribution >= 0.6 is 0 Å². The van der Waals surface area contributed by atoms with Crippen molar-refractivity contribution in [2.75, 3.05) is 0 Å². The Labute approximate surface area is 70.8 Å². The highest BCUT2D eigenvalue weighted by atomic mass is 16.3. The van der Waals surface area contributed by atoms with E-state index in [0.29, 0.717) is 5.56 Å². The molecule has 2 nitrogen and oxygen atoms in total. The van der Waals surface area contributed by atoms with E-state index in [-0.39, 0.29) is 0 Å². The van der Waals surface area contributed by atoms with Crippen molar-refractivity contribution < 1.29 is 9.90 Å². The zero-order valence-corrected chi connectivity index (χ0v) is 6.66. The average molecular weight is 162 g/mol. The molecule has 1 aromatic rings. The standard InChI is InChI=1S/C10H10O2/c11-7-8-2-1-3-9(6-8)10(12)4-5-10/h1-3,6-7,12H,4-5H2. The first-order valence-electron chi connectivity index (χ1n) is 4.03. The molecule has 1 aromatic carbocycles. The lowest BCUT2D eigenvalue weighted by molar-refractivity contribution is 0.112. The van der Waals surface area contributed by atoms with Crippen LogP contribution in [0, 0.1) is 0 Å². The fourth-order valence-electron chi connectivity index (χ4n) is 1.31. The number of aldehydes is 1. The number of hydrogen-bond donors (Lipinski definition) is 1. The first-order chi connectivity index (χ1) is 5.74. The first kappa shape index (κ1) is 7.50. The van der Waals surface area contributed by atoms with Crippen molar-refractivity contribution in [1.82, 2.24) is 0 Å². The van der Waals surface area contributed by atoms with Crippen molar-refractivity contribution in [3.8, 4) is 0 Å². The van der Waals surface area contributed by atoms with Crippen molar-refractivity contribution in [3.63, 3.8) is 0 Å². The van der Waals surface area contributed by atoms with Crippen LogP contribution in [0.2, 0.25) is 0 Å². The zero-order valence-electron chi connectivity index (χ0n) is 6.66. The predicted octanol–water partition coefficient (Wildman–Crippen LogP) is 1.48. The molecular weight excluding hydrogens is 152 g/mol. The minimum atomic E-state index is -0.626. The van der Waals surface area contributed by atoms with Crippen LogP contribution < -0.4 is 0 Å². The Morgan fingerprint density at radius 1 is 1.42 bits per heavy atom. The van der Waals surface area contributed by atoms with Gasteiger partial charge in [-0.1, -0.05) is 18.2 Å². The molecule has 1 fully saturated rings. The van der Waals surface area contributed by atoms with E-state index in [1.54, 1.807) is 18.2 Å². The molecule has 0 aromatic heterocycles. The maximum atomic E-state index is 10.4. The van der Waals surface area contributed by atoms with Crippen LogP contribution in [0.3, 0.4) is 0 Å². The van der Waals surface area contributed by atoms with Gasteiger partial charge in [-0.05, 0) is 24.5 Å². The molecule has 0 saturated heterocycles. The van der Waals surface area contributed by atoms with Crippen LogP contribution in [0.1, 0.15) is 28.8 Å². The quantitative estimate of drug-likeness (QED) is 0.669. The number of rotatable bonds is 2. The highest BCUT2D eigenvalue weighted by Crippen LogP contribution is 2.45. The second-order valence-corrected chi connectivity index (χ2v) is 3.27. The summed E-state index contributed by atoms with van der Waals surface area (Å²) in [4.78, 5) is 10.4. The number of benzene rings is 1. The summed E-state index contributed by atoms with van der Waals surface area (Å²) in [5.41, 5.74) is 0.874. The number of aliphatic hydroxyl groups is 1. The Kier molecular flexibility index (Phi) is 1.51. The second kappa shape index (κ2) is 2.42. The Hall–Kier alpha value is -1.15. The molecule has 0 atom stereocenters. The van der Waals surface area contributed by atoms with Gasteiger partial charge in [0, 0.05) is 5.56 Å². The molecule has 12 heavy (non-hydrogen) atoms. The molecule has 0 bridgehead atoms.